The average Bonchev–Trinajstić information content (AvgIpc) is 2.55. The SMILES string of the molecule is CNCC(NC(CNC)c1ccccc1)c1ccccc1. The van der Waals surface area contributed by atoms with Crippen LogP contribution < -0.4 is 16.0 Å². The maximum atomic E-state index is 3.76. The Hall–Kier alpha value is -1.68. The van der Waals surface area contributed by atoms with Crippen molar-refractivity contribution < 1.29 is 0 Å². The van der Waals surface area contributed by atoms with Crippen molar-refractivity contribution in [2.45, 2.75) is 12.1 Å². The Morgan fingerprint density at radius 1 is 0.667 bits per heavy atom. The zero-order valence-corrected chi connectivity index (χ0v) is 12.8. The highest BCUT2D eigenvalue weighted by atomic mass is 15.0. The fourth-order valence-corrected chi connectivity index (χ4v) is 2.57. The van der Waals surface area contributed by atoms with Gasteiger partial charge in [0.1, 0.15) is 0 Å². The molecule has 2 rings (SSSR count). The van der Waals surface area contributed by atoms with E-state index in [-0.39, 0.29) is 12.1 Å². The van der Waals surface area contributed by atoms with E-state index in [1.165, 1.54) is 11.1 Å². The summed E-state index contributed by atoms with van der Waals surface area (Å²) in [6, 6.07) is 21.8. The van der Waals surface area contributed by atoms with Crippen LogP contribution in [-0.2, 0) is 0 Å². The highest BCUT2D eigenvalue weighted by Crippen LogP contribution is 2.19. The fourth-order valence-electron chi connectivity index (χ4n) is 2.57. The lowest BCUT2D eigenvalue weighted by Gasteiger charge is -2.26. The van der Waals surface area contributed by atoms with Crippen LogP contribution in [0.25, 0.3) is 0 Å². The monoisotopic (exact) mass is 283 g/mol. The number of hydrogen-bond acceptors (Lipinski definition) is 3. The third-order valence-corrected chi connectivity index (χ3v) is 3.62. The molecule has 0 amide bonds. The van der Waals surface area contributed by atoms with Gasteiger partial charge in [0.05, 0.1) is 0 Å². The first-order valence-corrected chi connectivity index (χ1v) is 7.50. The summed E-state index contributed by atoms with van der Waals surface area (Å²) >= 11 is 0. The van der Waals surface area contributed by atoms with Crippen LogP contribution in [-0.4, -0.2) is 27.2 Å². The molecule has 0 aliphatic heterocycles. The molecule has 0 spiro atoms. The first-order chi connectivity index (χ1) is 10.3. The van der Waals surface area contributed by atoms with E-state index in [4.69, 9.17) is 0 Å². The summed E-state index contributed by atoms with van der Waals surface area (Å²) in [6.07, 6.45) is 0. The van der Waals surface area contributed by atoms with Crippen molar-refractivity contribution in [2.24, 2.45) is 0 Å². The van der Waals surface area contributed by atoms with Crippen LogP contribution in [0, 0.1) is 0 Å². The molecule has 3 heteroatoms. The van der Waals surface area contributed by atoms with Gasteiger partial charge in [-0.25, -0.2) is 0 Å². The highest BCUT2D eigenvalue weighted by Gasteiger charge is 2.17. The zero-order chi connectivity index (χ0) is 14.9. The quantitative estimate of drug-likeness (QED) is 0.696. The van der Waals surface area contributed by atoms with Crippen molar-refractivity contribution in [1.29, 1.82) is 0 Å². The lowest BCUT2D eigenvalue weighted by Crippen LogP contribution is -2.37. The van der Waals surface area contributed by atoms with Gasteiger partial charge in [-0.1, -0.05) is 60.7 Å². The molecule has 3 nitrogen and oxygen atoms in total. The predicted octanol–water partition coefficient (Wildman–Crippen LogP) is 2.50. The molecule has 0 aliphatic rings. The average molecular weight is 283 g/mol. The van der Waals surface area contributed by atoms with Gasteiger partial charge in [0, 0.05) is 25.2 Å². The lowest BCUT2D eigenvalue weighted by molar-refractivity contribution is 0.422. The summed E-state index contributed by atoms with van der Waals surface area (Å²) in [5.41, 5.74) is 2.62. The molecule has 0 heterocycles. The van der Waals surface area contributed by atoms with Gasteiger partial charge in [-0.3, -0.25) is 0 Å². The molecule has 3 N–H and O–H groups in total. The molecule has 21 heavy (non-hydrogen) atoms. The number of benzene rings is 2. The number of nitrogens with one attached hydrogen (secondary N) is 3. The maximum absolute atomic E-state index is 3.76. The number of rotatable bonds is 8. The molecule has 2 aromatic carbocycles. The molecule has 0 bridgehead atoms. The van der Waals surface area contributed by atoms with E-state index < -0.39 is 0 Å². The van der Waals surface area contributed by atoms with Crippen LogP contribution in [0.2, 0.25) is 0 Å². The minimum Gasteiger partial charge on any atom is -0.318 e. The summed E-state index contributed by atoms with van der Waals surface area (Å²) in [4.78, 5) is 0. The van der Waals surface area contributed by atoms with Crippen molar-refractivity contribution in [3.63, 3.8) is 0 Å². The van der Waals surface area contributed by atoms with E-state index in [0.717, 1.165) is 13.1 Å². The Labute approximate surface area is 127 Å². The molecule has 0 aromatic heterocycles. The van der Waals surface area contributed by atoms with Crippen LogP contribution in [0.1, 0.15) is 23.2 Å². The van der Waals surface area contributed by atoms with Gasteiger partial charge in [-0.2, -0.15) is 0 Å². The van der Waals surface area contributed by atoms with E-state index in [0.29, 0.717) is 0 Å². The van der Waals surface area contributed by atoms with E-state index in [1.807, 2.05) is 14.1 Å². The van der Waals surface area contributed by atoms with Gasteiger partial charge < -0.3 is 16.0 Å². The minimum absolute atomic E-state index is 0.287. The second-order valence-corrected chi connectivity index (χ2v) is 5.21. The summed E-state index contributed by atoms with van der Waals surface area (Å²) in [6.45, 7) is 1.80. The highest BCUT2D eigenvalue weighted by molar-refractivity contribution is 5.23. The van der Waals surface area contributed by atoms with Gasteiger partial charge >= 0.3 is 0 Å². The van der Waals surface area contributed by atoms with Crippen LogP contribution in [0.5, 0.6) is 0 Å². The summed E-state index contributed by atoms with van der Waals surface area (Å²) in [5.74, 6) is 0. The Morgan fingerprint density at radius 2 is 1.05 bits per heavy atom. The molecule has 112 valence electrons. The van der Waals surface area contributed by atoms with Gasteiger partial charge in [0.25, 0.3) is 0 Å². The van der Waals surface area contributed by atoms with Crippen LogP contribution in [0.3, 0.4) is 0 Å². The Balaban J connectivity index is 2.16. The Morgan fingerprint density at radius 3 is 1.38 bits per heavy atom. The number of hydrogen-bond donors (Lipinski definition) is 3. The molecule has 0 aliphatic carbocycles. The van der Waals surface area contributed by atoms with Crippen LogP contribution in [0.4, 0.5) is 0 Å². The summed E-state index contributed by atoms with van der Waals surface area (Å²) < 4.78 is 0. The first-order valence-electron chi connectivity index (χ1n) is 7.50. The van der Waals surface area contributed by atoms with Gasteiger partial charge in [-0.05, 0) is 25.2 Å². The lowest BCUT2D eigenvalue weighted by atomic mass is 10.0. The molecule has 0 fully saturated rings. The molecule has 2 aromatic rings. The largest absolute Gasteiger partial charge is 0.318 e. The normalized spacial score (nSPS) is 13.8. The van der Waals surface area contributed by atoms with Crippen molar-refractivity contribution >= 4 is 0 Å². The van der Waals surface area contributed by atoms with Gasteiger partial charge in [-0.15, -0.1) is 0 Å². The predicted molar refractivity (Wildman–Crippen MR) is 89.4 cm³/mol. The molecule has 2 atom stereocenters. The molecule has 0 saturated carbocycles. The maximum Gasteiger partial charge on any atom is 0.0451 e. The Bertz CT molecular complexity index is 451. The van der Waals surface area contributed by atoms with Gasteiger partial charge in [0.15, 0.2) is 0 Å². The molecule has 0 saturated heterocycles. The third kappa shape index (κ3) is 4.67. The van der Waals surface area contributed by atoms with Gasteiger partial charge in [0.2, 0.25) is 0 Å². The number of likely N-dealkylation sites (N-methyl/N-ethyl adjacent to an activating group) is 2. The first kappa shape index (κ1) is 15.7. The summed E-state index contributed by atoms with van der Waals surface area (Å²) in [7, 11) is 3.99. The van der Waals surface area contributed by atoms with Crippen molar-refractivity contribution in [3.8, 4) is 0 Å². The third-order valence-electron chi connectivity index (χ3n) is 3.62. The topological polar surface area (TPSA) is 36.1 Å². The molecule has 2 unspecified atom stereocenters. The van der Waals surface area contributed by atoms with Crippen LogP contribution >= 0.6 is 0 Å². The standard InChI is InChI=1S/C18H25N3/c1-19-13-17(15-9-5-3-6-10-15)21-18(14-20-2)16-11-7-4-8-12-16/h3-12,17-21H,13-14H2,1-2H3. The second kappa shape index (κ2) is 8.57. The molecular weight excluding hydrogens is 258 g/mol. The second-order valence-electron chi connectivity index (χ2n) is 5.21. The zero-order valence-electron chi connectivity index (χ0n) is 12.8. The van der Waals surface area contributed by atoms with E-state index in [1.54, 1.807) is 0 Å². The van der Waals surface area contributed by atoms with E-state index in [2.05, 4.69) is 76.6 Å². The van der Waals surface area contributed by atoms with Crippen molar-refractivity contribution in [3.05, 3.63) is 71.8 Å². The molecule has 0 radical (unpaired) electrons. The summed E-state index contributed by atoms with van der Waals surface area (Å²) in [5, 5.41) is 10.3. The van der Waals surface area contributed by atoms with Crippen LogP contribution in [0.15, 0.2) is 60.7 Å². The van der Waals surface area contributed by atoms with Crippen molar-refractivity contribution in [1.82, 2.24) is 16.0 Å². The minimum atomic E-state index is 0.287. The smallest absolute Gasteiger partial charge is 0.0451 e. The Kier molecular flexibility index (Phi) is 6.41. The molecular formula is C18H25N3. The van der Waals surface area contributed by atoms with Crippen molar-refractivity contribution in [2.75, 3.05) is 27.2 Å². The van der Waals surface area contributed by atoms with E-state index >= 15 is 0 Å². The van der Waals surface area contributed by atoms with E-state index in [9.17, 15) is 0 Å². The fraction of sp³-hybridized carbons (Fsp3) is 0.333.